The number of aromatic nitrogens is 5. The second kappa shape index (κ2) is 8.50. The molecule has 0 atom stereocenters. The van der Waals surface area contributed by atoms with E-state index in [-0.39, 0.29) is 30.4 Å². The minimum Gasteiger partial charge on any atom is -0.350 e. The summed E-state index contributed by atoms with van der Waals surface area (Å²) in [6, 6.07) is 18.5. The van der Waals surface area contributed by atoms with E-state index in [0.717, 1.165) is 15.8 Å². The minimum absolute atomic E-state index is 0.205. The van der Waals surface area contributed by atoms with Crippen molar-refractivity contribution >= 4 is 11.6 Å². The molecule has 1 amide bonds. The first-order valence-electron chi connectivity index (χ1n) is 10.1. The molecule has 0 spiro atoms. The van der Waals surface area contributed by atoms with Gasteiger partial charge in [0.05, 0.1) is 5.56 Å². The molecule has 5 rings (SSSR count). The molecule has 1 N–H and O–H groups in total. The van der Waals surface area contributed by atoms with Crippen LogP contribution in [0.5, 0.6) is 0 Å². The average Bonchev–Trinajstić information content (AvgIpc) is 3.45. The molecule has 3 heterocycles. The van der Waals surface area contributed by atoms with Crippen LogP contribution in [0.4, 0.5) is 4.39 Å². The van der Waals surface area contributed by atoms with Crippen LogP contribution in [0.2, 0.25) is 0 Å². The third-order valence-corrected chi connectivity index (χ3v) is 4.99. The molecule has 0 fully saturated rings. The normalized spacial score (nSPS) is 11.1. The molecule has 0 aliphatic carbocycles. The Bertz CT molecular complexity index is 1490. The molecular formula is C23H17FN6O3. The summed E-state index contributed by atoms with van der Waals surface area (Å²) in [6.45, 7) is -0.0724. The van der Waals surface area contributed by atoms with Gasteiger partial charge in [-0.1, -0.05) is 47.6 Å². The van der Waals surface area contributed by atoms with Crippen molar-refractivity contribution in [3.8, 4) is 22.8 Å². The number of pyridine rings is 1. The van der Waals surface area contributed by atoms with Gasteiger partial charge in [-0.3, -0.25) is 4.79 Å². The number of carbonyl (C=O) groups excluding carboxylic acids is 1. The van der Waals surface area contributed by atoms with Crippen molar-refractivity contribution < 1.29 is 13.7 Å². The summed E-state index contributed by atoms with van der Waals surface area (Å²) in [5.74, 6) is -0.142. The summed E-state index contributed by atoms with van der Waals surface area (Å²) in [7, 11) is 0. The summed E-state index contributed by atoms with van der Waals surface area (Å²) in [6.07, 6.45) is 1.55. The first kappa shape index (κ1) is 20.3. The highest BCUT2D eigenvalue weighted by Gasteiger charge is 2.18. The molecule has 0 saturated carbocycles. The Balaban J connectivity index is 1.39. The molecule has 0 saturated heterocycles. The zero-order valence-electron chi connectivity index (χ0n) is 17.2. The highest BCUT2D eigenvalue weighted by molar-refractivity contribution is 5.76. The van der Waals surface area contributed by atoms with Crippen molar-refractivity contribution in [3.63, 3.8) is 0 Å². The van der Waals surface area contributed by atoms with Crippen molar-refractivity contribution in [2.45, 2.75) is 13.1 Å². The Hall–Kier alpha value is -4.60. The van der Waals surface area contributed by atoms with Gasteiger partial charge in [0.25, 0.3) is 5.89 Å². The van der Waals surface area contributed by atoms with E-state index in [0.29, 0.717) is 11.4 Å². The molecule has 33 heavy (non-hydrogen) atoms. The lowest BCUT2D eigenvalue weighted by atomic mass is 10.2. The van der Waals surface area contributed by atoms with E-state index >= 15 is 0 Å². The fraction of sp³-hybridized carbons (Fsp3) is 0.0870. The fourth-order valence-electron chi connectivity index (χ4n) is 3.34. The predicted octanol–water partition coefficient (Wildman–Crippen LogP) is 2.67. The van der Waals surface area contributed by atoms with Gasteiger partial charge in [-0.15, -0.1) is 5.10 Å². The quantitative estimate of drug-likeness (QED) is 0.432. The Morgan fingerprint density at radius 1 is 1.03 bits per heavy atom. The largest absolute Gasteiger partial charge is 0.350 e. The second-order valence-electron chi connectivity index (χ2n) is 7.25. The van der Waals surface area contributed by atoms with Crippen molar-refractivity contribution in [3.05, 3.63) is 94.8 Å². The van der Waals surface area contributed by atoms with Gasteiger partial charge in [0.2, 0.25) is 11.7 Å². The molecule has 2 aromatic carbocycles. The first-order valence-corrected chi connectivity index (χ1v) is 10.1. The van der Waals surface area contributed by atoms with Crippen molar-refractivity contribution in [2.75, 3.05) is 0 Å². The Morgan fingerprint density at radius 2 is 1.82 bits per heavy atom. The topological polar surface area (TPSA) is 107 Å². The maximum absolute atomic E-state index is 13.0. The first-order chi connectivity index (χ1) is 16.1. The number of rotatable bonds is 6. The van der Waals surface area contributed by atoms with Crippen LogP contribution in [-0.4, -0.2) is 30.2 Å². The van der Waals surface area contributed by atoms with Gasteiger partial charge < -0.3 is 9.84 Å². The molecule has 164 valence electrons. The predicted molar refractivity (Wildman–Crippen MR) is 116 cm³/mol. The third kappa shape index (κ3) is 4.13. The molecule has 0 aliphatic heterocycles. The lowest BCUT2D eigenvalue weighted by Crippen LogP contribution is -2.32. The van der Waals surface area contributed by atoms with Crippen LogP contribution >= 0.6 is 0 Å². The van der Waals surface area contributed by atoms with E-state index in [9.17, 15) is 14.0 Å². The molecular weight excluding hydrogens is 427 g/mol. The zero-order valence-corrected chi connectivity index (χ0v) is 17.2. The van der Waals surface area contributed by atoms with Crippen LogP contribution in [0.1, 0.15) is 5.56 Å². The van der Waals surface area contributed by atoms with Crippen LogP contribution in [0.25, 0.3) is 28.5 Å². The van der Waals surface area contributed by atoms with Crippen molar-refractivity contribution in [1.29, 1.82) is 0 Å². The number of carbonyl (C=O) groups is 1. The highest BCUT2D eigenvalue weighted by Crippen LogP contribution is 2.24. The van der Waals surface area contributed by atoms with Gasteiger partial charge in [-0.05, 0) is 29.8 Å². The summed E-state index contributed by atoms with van der Waals surface area (Å²) < 4.78 is 20.8. The number of halogens is 1. The lowest BCUT2D eigenvalue weighted by molar-refractivity contribution is -0.122. The van der Waals surface area contributed by atoms with E-state index in [1.165, 1.54) is 16.5 Å². The maximum atomic E-state index is 13.0. The third-order valence-electron chi connectivity index (χ3n) is 4.99. The van der Waals surface area contributed by atoms with E-state index in [1.54, 1.807) is 30.5 Å². The number of nitrogens with zero attached hydrogens (tertiary/aromatic N) is 5. The van der Waals surface area contributed by atoms with Gasteiger partial charge in [0.15, 0.2) is 5.65 Å². The molecule has 9 nitrogen and oxygen atoms in total. The minimum atomic E-state index is -0.480. The molecule has 5 aromatic rings. The monoisotopic (exact) mass is 444 g/mol. The Morgan fingerprint density at radius 3 is 2.61 bits per heavy atom. The molecule has 0 radical (unpaired) electrons. The molecule has 0 aliphatic rings. The molecule has 0 bridgehead atoms. The maximum Gasteiger partial charge on any atom is 0.350 e. The van der Waals surface area contributed by atoms with Crippen LogP contribution in [0.3, 0.4) is 0 Å². The lowest BCUT2D eigenvalue weighted by Gasteiger charge is -2.04. The number of nitrogens with one attached hydrogen (secondary N) is 1. The Kier molecular flexibility index (Phi) is 5.23. The highest BCUT2D eigenvalue weighted by atomic mass is 19.1. The van der Waals surface area contributed by atoms with Crippen LogP contribution in [-0.2, 0) is 17.9 Å². The average molecular weight is 444 g/mol. The summed E-state index contributed by atoms with van der Waals surface area (Å²) in [5, 5.41) is 11.0. The summed E-state index contributed by atoms with van der Waals surface area (Å²) >= 11 is 0. The van der Waals surface area contributed by atoms with Gasteiger partial charge in [-0.25, -0.2) is 18.3 Å². The van der Waals surface area contributed by atoms with Crippen molar-refractivity contribution in [2.24, 2.45) is 0 Å². The van der Waals surface area contributed by atoms with Gasteiger partial charge in [0, 0.05) is 18.3 Å². The fourth-order valence-corrected chi connectivity index (χ4v) is 3.34. The number of hydrogen-bond donors (Lipinski definition) is 1. The SMILES string of the molecule is O=C(Cn1nc2c(-c3nc(-c4ccccc4)no3)cccn2c1=O)NCc1ccc(F)cc1. The van der Waals surface area contributed by atoms with Crippen LogP contribution in [0.15, 0.2) is 82.2 Å². The summed E-state index contributed by atoms with van der Waals surface area (Å²) in [4.78, 5) is 29.5. The smallest absolute Gasteiger partial charge is 0.350 e. The van der Waals surface area contributed by atoms with Gasteiger partial charge >= 0.3 is 5.69 Å². The van der Waals surface area contributed by atoms with Gasteiger partial charge in [-0.2, -0.15) is 4.98 Å². The van der Waals surface area contributed by atoms with Gasteiger partial charge in [0.1, 0.15) is 12.4 Å². The number of hydrogen-bond acceptors (Lipinski definition) is 6. The van der Waals surface area contributed by atoms with E-state index in [4.69, 9.17) is 4.52 Å². The van der Waals surface area contributed by atoms with Crippen LogP contribution < -0.4 is 11.0 Å². The summed E-state index contributed by atoms with van der Waals surface area (Å²) in [5.41, 5.74) is 1.80. The van der Waals surface area contributed by atoms with E-state index < -0.39 is 11.6 Å². The number of fused-ring (bicyclic) bond motifs is 1. The van der Waals surface area contributed by atoms with E-state index in [1.807, 2.05) is 30.3 Å². The standard InChI is InChI=1S/C23H17FN6O3/c24-17-10-8-15(9-11-17)13-25-19(31)14-30-23(32)29-12-4-7-18(21(29)27-30)22-26-20(28-33-22)16-5-2-1-3-6-16/h1-12H,13-14H2,(H,25,31). The Labute approximate surface area is 186 Å². The van der Waals surface area contributed by atoms with Crippen LogP contribution in [0, 0.1) is 5.82 Å². The molecule has 3 aromatic heterocycles. The number of amides is 1. The molecule has 10 heteroatoms. The zero-order chi connectivity index (χ0) is 22.8. The molecule has 0 unspecified atom stereocenters. The van der Waals surface area contributed by atoms with E-state index in [2.05, 4.69) is 20.6 Å². The second-order valence-corrected chi connectivity index (χ2v) is 7.25. The number of benzene rings is 2. The van der Waals surface area contributed by atoms with Crippen molar-refractivity contribution in [1.82, 2.24) is 29.6 Å².